The summed E-state index contributed by atoms with van der Waals surface area (Å²) in [5.41, 5.74) is 4.27. The second-order valence-corrected chi connectivity index (χ2v) is 5.92. The van der Waals surface area contributed by atoms with Crippen LogP contribution in [-0.2, 0) is 6.42 Å². The Balaban J connectivity index is 1.91. The second kappa shape index (κ2) is 4.97. The molecule has 0 saturated heterocycles. The Labute approximate surface area is 121 Å². The van der Waals surface area contributed by atoms with Gasteiger partial charge in [0.05, 0.1) is 6.04 Å². The summed E-state index contributed by atoms with van der Waals surface area (Å²) in [7, 11) is 0. The van der Waals surface area contributed by atoms with Crippen LogP contribution in [0.4, 0.5) is 10.1 Å². The number of hydrogen-bond donors (Lipinski definition) is 1. The molecular formula is C16H15BrFN. The van der Waals surface area contributed by atoms with E-state index in [1.165, 1.54) is 5.56 Å². The van der Waals surface area contributed by atoms with Crippen molar-refractivity contribution in [3.05, 3.63) is 63.4 Å². The number of anilines is 1. The second-order valence-electron chi connectivity index (χ2n) is 5.00. The van der Waals surface area contributed by atoms with E-state index in [2.05, 4.69) is 40.3 Å². The molecule has 3 heteroatoms. The van der Waals surface area contributed by atoms with Gasteiger partial charge in [-0.1, -0.05) is 34.1 Å². The number of aryl methyl sites for hydroxylation is 1. The summed E-state index contributed by atoms with van der Waals surface area (Å²) in [6, 6.07) is 11.8. The van der Waals surface area contributed by atoms with Crippen LogP contribution in [0.15, 0.2) is 40.9 Å². The van der Waals surface area contributed by atoms with E-state index in [4.69, 9.17) is 0 Å². The van der Waals surface area contributed by atoms with Gasteiger partial charge in [0.25, 0.3) is 0 Å². The maximum absolute atomic E-state index is 13.7. The third-order valence-electron chi connectivity index (χ3n) is 3.74. The van der Waals surface area contributed by atoms with E-state index in [-0.39, 0.29) is 11.9 Å². The monoisotopic (exact) mass is 319 g/mol. The third kappa shape index (κ3) is 2.39. The van der Waals surface area contributed by atoms with Gasteiger partial charge in [-0.15, -0.1) is 0 Å². The van der Waals surface area contributed by atoms with E-state index >= 15 is 0 Å². The molecule has 0 radical (unpaired) electrons. The number of halogens is 2. The normalized spacial score (nSPS) is 17.3. The zero-order valence-electron chi connectivity index (χ0n) is 10.7. The van der Waals surface area contributed by atoms with Crippen LogP contribution in [0.25, 0.3) is 0 Å². The van der Waals surface area contributed by atoms with Gasteiger partial charge in [0.2, 0.25) is 0 Å². The van der Waals surface area contributed by atoms with Gasteiger partial charge in [-0.05, 0) is 54.7 Å². The minimum Gasteiger partial charge on any atom is -0.378 e. The third-order valence-corrected chi connectivity index (χ3v) is 4.24. The molecular weight excluding hydrogens is 305 g/mol. The van der Waals surface area contributed by atoms with Crippen molar-refractivity contribution in [2.45, 2.75) is 25.8 Å². The highest BCUT2D eigenvalue weighted by atomic mass is 79.9. The summed E-state index contributed by atoms with van der Waals surface area (Å²) in [6.45, 7) is 2.08. The molecule has 1 N–H and O–H groups in total. The van der Waals surface area contributed by atoms with Crippen molar-refractivity contribution in [2.24, 2.45) is 0 Å². The van der Waals surface area contributed by atoms with Crippen molar-refractivity contribution in [1.82, 2.24) is 0 Å². The number of fused-ring (bicyclic) bond motifs is 1. The molecule has 1 nitrogen and oxygen atoms in total. The van der Waals surface area contributed by atoms with Crippen LogP contribution < -0.4 is 5.32 Å². The van der Waals surface area contributed by atoms with Gasteiger partial charge in [0.1, 0.15) is 5.82 Å². The molecule has 0 heterocycles. The minimum absolute atomic E-state index is 0.0761. The maximum Gasteiger partial charge on any atom is 0.126 e. The molecule has 1 aliphatic carbocycles. The number of hydrogen-bond acceptors (Lipinski definition) is 1. The molecule has 0 amide bonds. The summed E-state index contributed by atoms with van der Waals surface area (Å²) in [6.07, 6.45) is 1.76. The number of benzene rings is 2. The Bertz CT molecular complexity index is 624. The lowest BCUT2D eigenvalue weighted by atomic mass is 10.1. The van der Waals surface area contributed by atoms with Gasteiger partial charge in [-0.3, -0.25) is 0 Å². The van der Waals surface area contributed by atoms with Crippen molar-refractivity contribution in [3.8, 4) is 0 Å². The number of nitrogens with one attached hydrogen (secondary N) is 1. The average molecular weight is 320 g/mol. The lowest BCUT2D eigenvalue weighted by Crippen LogP contribution is -2.08. The fourth-order valence-electron chi connectivity index (χ4n) is 2.70. The molecule has 98 valence electrons. The highest BCUT2D eigenvalue weighted by Gasteiger charge is 2.24. The molecule has 0 spiro atoms. The van der Waals surface area contributed by atoms with Gasteiger partial charge in [0, 0.05) is 10.2 Å². The van der Waals surface area contributed by atoms with Gasteiger partial charge in [-0.25, -0.2) is 4.39 Å². The van der Waals surface area contributed by atoms with Crippen LogP contribution in [0.5, 0.6) is 0 Å². The zero-order chi connectivity index (χ0) is 13.4. The van der Waals surface area contributed by atoms with Crippen LogP contribution in [0.2, 0.25) is 0 Å². The van der Waals surface area contributed by atoms with Crippen molar-refractivity contribution in [1.29, 1.82) is 0 Å². The first-order valence-electron chi connectivity index (χ1n) is 6.45. The summed E-state index contributed by atoms with van der Waals surface area (Å²) in [4.78, 5) is 0. The molecule has 2 aromatic rings. The van der Waals surface area contributed by atoms with Gasteiger partial charge in [-0.2, -0.15) is 0 Å². The van der Waals surface area contributed by atoms with Crippen LogP contribution in [-0.4, -0.2) is 0 Å². The molecule has 2 aromatic carbocycles. The van der Waals surface area contributed by atoms with Crippen LogP contribution in [0, 0.1) is 12.7 Å². The van der Waals surface area contributed by atoms with Crippen molar-refractivity contribution in [3.63, 3.8) is 0 Å². The zero-order valence-corrected chi connectivity index (χ0v) is 12.3. The van der Waals surface area contributed by atoms with Crippen LogP contribution in [0.1, 0.15) is 29.2 Å². The summed E-state index contributed by atoms with van der Waals surface area (Å²) >= 11 is 3.49. The molecule has 0 fully saturated rings. The molecule has 1 unspecified atom stereocenters. The van der Waals surface area contributed by atoms with Crippen molar-refractivity contribution in [2.75, 3.05) is 5.32 Å². The quantitative estimate of drug-likeness (QED) is 0.821. The lowest BCUT2D eigenvalue weighted by molar-refractivity contribution is 0.612. The number of rotatable bonds is 2. The van der Waals surface area contributed by atoms with E-state index in [9.17, 15) is 4.39 Å². The van der Waals surface area contributed by atoms with E-state index in [1.54, 1.807) is 12.1 Å². The first kappa shape index (κ1) is 12.7. The Morgan fingerprint density at radius 2 is 2.11 bits per heavy atom. The first-order valence-corrected chi connectivity index (χ1v) is 7.24. The molecule has 0 aromatic heterocycles. The smallest absolute Gasteiger partial charge is 0.126 e. The lowest BCUT2D eigenvalue weighted by Gasteiger charge is -2.17. The maximum atomic E-state index is 13.7. The van der Waals surface area contributed by atoms with Crippen molar-refractivity contribution < 1.29 is 4.39 Å². The van der Waals surface area contributed by atoms with Gasteiger partial charge < -0.3 is 5.32 Å². The Hall–Kier alpha value is -1.35. The fraction of sp³-hybridized carbons (Fsp3) is 0.250. The topological polar surface area (TPSA) is 12.0 Å². The standard InChI is InChI=1S/C16H15BrFN/c1-10-5-6-11(17)9-16(10)19-15-8-7-12-13(15)3-2-4-14(12)18/h2-6,9,15,19H,7-8H2,1H3. The summed E-state index contributed by atoms with van der Waals surface area (Å²) in [5.74, 6) is -0.0761. The van der Waals surface area contributed by atoms with Crippen LogP contribution >= 0.6 is 15.9 Å². The molecule has 0 bridgehead atoms. The van der Waals surface area contributed by atoms with E-state index in [0.29, 0.717) is 0 Å². The Kier molecular flexibility index (Phi) is 3.31. The molecule has 3 rings (SSSR count). The average Bonchev–Trinajstić information content (AvgIpc) is 2.79. The molecule has 0 aliphatic heterocycles. The first-order chi connectivity index (χ1) is 9.15. The minimum atomic E-state index is -0.0761. The molecule has 19 heavy (non-hydrogen) atoms. The van der Waals surface area contributed by atoms with Gasteiger partial charge >= 0.3 is 0 Å². The SMILES string of the molecule is Cc1ccc(Br)cc1NC1CCc2c(F)cccc21. The highest BCUT2D eigenvalue weighted by Crippen LogP contribution is 2.36. The molecule has 1 atom stereocenters. The summed E-state index contributed by atoms with van der Waals surface area (Å²) < 4.78 is 14.8. The van der Waals surface area contributed by atoms with E-state index in [1.807, 2.05) is 12.1 Å². The molecule has 1 aliphatic rings. The Morgan fingerprint density at radius 1 is 1.26 bits per heavy atom. The molecule has 0 saturated carbocycles. The predicted octanol–water partition coefficient (Wildman–Crippen LogP) is 5.00. The predicted molar refractivity (Wildman–Crippen MR) is 80.0 cm³/mol. The van der Waals surface area contributed by atoms with Crippen LogP contribution in [0.3, 0.4) is 0 Å². The summed E-state index contributed by atoms with van der Waals surface area (Å²) in [5, 5.41) is 3.54. The largest absolute Gasteiger partial charge is 0.378 e. The fourth-order valence-corrected chi connectivity index (χ4v) is 3.06. The highest BCUT2D eigenvalue weighted by molar-refractivity contribution is 9.10. The van der Waals surface area contributed by atoms with E-state index < -0.39 is 0 Å². The van der Waals surface area contributed by atoms with E-state index in [0.717, 1.165) is 34.1 Å². The van der Waals surface area contributed by atoms with Crippen molar-refractivity contribution >= 4 is 21.6 Å². The Morgan fingerprint density at radius 3 is 2.95 bits per heavy atom. The van der Waals surface area contributed by atoms with Gasteiger partial charge in [0.15, 0.2) is 0 Å².